The van der Waals surface area contributed by atoms with Crippen LogP contribution in [-0.4, -0.2) is 6.61 Å². The molecule has 0 aliphatic heterocycles. The summed E-state index contributed by atoms with van der Waals surface area (Å²) in [5, 5.41) is 21.3. The van der Waals surface area contributed by atoms with Gasteiger partial charge in [-0.2, -0.15) is 10.5 Å². The summed E-state index contributed by atoms with van der Waals surface area (Å²) in [5.74, 6) is 0.700. The minimum absolute atomic E-state index is 0.499. The fourth-order valence-electron chi connectivity index (χ4n) is 1.99. The first-order valence-corrected chi connectivity index (χ1v) is 6.67. The highest BCUT2D eigenvalue weighted by atomic mass is 16.5. The van der Waals surface area contributed by atoms with Crippen molar-refractivity contribution in [1.29, 1.82) is 10.5 Å². The summed E-state index contributed by atoms with van der Waals surface area (Å²) >= 11 is 0. The maximum atomic E-state index is 9.09. The number of ether oxygens (including phenoxy) is 1. The Bertz CT molecular complexity index is 711. The molecule has 4 nitrogen and oxygen atoms in total. The highest BCUT2D eigenvalue weighted by Gasteiger charge is 2.06. The lowest BCUT2D eigenvalue weighted by atomic mass is 10.1. The van der Waals surface area contributed by atoms with Crippen LogP contribution in [0.4, 0.5) is 5.69 Å². The molecule has 0 radical (unpaired) electrons. The molecule has 0 aliphatic rings. The number of rotatable bonds is 5. The molecule has 0 spiro atoms. The summed E-state index contributed by atoms with van der Waals surface area (Å²) in [7, 11) is 0. The second-order valence-electron chi connectivity index (χ2n) is 4.38. The molecule has 2 aromatic rings. The molecule has 2 aromatic carbocycles. The number of nitriles is 2. The standard InChI is InChI=1S/C17H15N3O/c1-2-21-17-8-7-13(10-18)9-16(17)20-12-15-6-4-3-5-14(15)11-19/h3-9,20H,2,12H2,1H3. The number of hydrogen-bond acceptors (Lipinski definition) is 4. The van der Waals surface area contributed by atoms with E-state index in [1.54, 1.807) is 24.3 Å². The second-order valence-corrected chi connectivity index (χ2v) is 4.38. The van der Waals surface area contributed by atoms with E-state index in [9.17, 15) is 0 Å². The Kier molecular flexibility index (Phi) is 4.79. The topological polar surface area (TPSA) is 68.8 Å². The van der Waals surface area contributed by atoms with Crippen molar-refractivity contribution in [2.24, 2.45) is 0 Å². The summed E-state index contributed by atoms with van der Waals surface area (Å²) in [6, 6.07) is 16.9. The number of benzene rings is 2. The Morgan fingerprint density at radius 3 is 2.62 bits per heavy atom. The van der Waals surface area contributed by atoms with Gasteiger partial charge in [-0.05, 0) is 36.8 Å². The lowest BCUT2D eigenvalue weighted by Crippen LogP contribution is -2.04. The molecule has 21 heavy (non-hydrogen) atoms. The Morgan fingerprint density at radius 1 is 1.10 bits per heavy atom. The van der Waals surface area contributed by atoms with Crippen LogP contribution >= 0.6 is 0 Å². The Labute approximate surface area is 124 Å². The van der Waals surface area contributed by atoms with Crippen LogP contribution in [0, 0.1) is 22.7 Å². The van der Waals surface area contributed by atoms with Crippen LogP contribution in [0.15, 0.2) is 42.5 Å². The van der Waals surface area contributed by atoms with Gasteiger partial charge in [-0.25, -0.2) is 0 Å². The third-order valence-corrected chi connectivity index (χ3v) is 3.02. The lowest BCUT2D eigenvalue weighted by Gasteiger charge is -2.13. The monoisotopic (exact) mass is 277 g/mol. The van der Waals surface area contributed by atoms with E-state index in [1.165, 1.54) is 0 Å². The third kappa shape index (κ3) is 3.52. The normalized spacial score (nSPS) is 9.48. The first kappa shape index (κ1) is 14.4. The third-order valence-electron chi connectivity index (χ3n) is 3.02. The van der Waals surface area contributed by atoms with Gasteiger partial charge in [0.15, 0.2) is 0 Å². The van der Waals surface area contributed by atoms with Gasteiger partial charge in [-0.1, -0.05) is 18.2 Å². The van der Waals surface area contributed by atoms with Crippen LogP contribution in [-0.2, 0) is 6.54 Å². The van der Waals surface area contributed by atoms with E-state index >= 15 is 0 Å². The van der Waals surface area contributed by atoms with E-state index in [0.717, 1.165) is 11.3 Å². The van der Waals surface area contributed by atoms with E-state index in [2.05, 4.69) is 17.5 Å². The number of hydrogen-bond donors (Lipinski definition) is 1. The van der Waals surface area contributed by atoms with E-state index in [1.807, 2.05) is 25.1 Å². The van der Waals surface area contributed by atoms with Crippen LogP contribution in [0.2, 0.25) is 0 Å². The SMILES string of the molecule is CCOc1ccc(C#N)cc1NCc1ccccc1C#N. The molecule has 0 heterocycles. The molecule has 0 fully saturated rings. The molecule has 4 heteroatoms. The Morgan fingerprint density at radius 2 is 1.90 bits per heavy atom. The van der Waals surface area contributed by atoms with Crippen LogP contribution in [0.1, 0.15) is 23.6 Å². The molecular weight excluding hydrogens is 262 g/mol. The molecule has 0 aromatic heterocycles. The zero-order valence-corrected chi connectivity index (χ0v) is 11.8. The number of anilines is 1. The zero-order chi connectivity index (χ0) is 15.1. The van der Waals surface area contributed by atoms with Gasteiger partial charge in [-0.15, -0.1) is 0 Å². The summed E-state index contributed by atoms with van der Waals surface area (Å²) in [4.78, 5) is 0. The molecule has 0 unspecified atom stereocenters. The average molecular weight is 277 g/mol. The quantitative estimate of drug-likeness (QED) is 0.909. The maximum Gasteiger partial charge on any atom is 0.142 e. The predicted molar refractivity (Wildman–Crippen MR) is 80.8 cm³/mol. The van der Waals surface area contributed by atoms with Gasteiger partial charge in [-0.3, -0.25) is 0 Å². The van der Waals surface area contributed by atoms with E-state index in [0.29, 0.717) is 30.0 Å². The van der Waals surface area contributed by atoms with Crippen LogP contribution < -0.4 is 10.1 Å². The Balaban J connectivity index is 2.23. The first-order valence-electron chi connectivity index (χ1n) is 6.67. The average Bonchev–Trinajstić information content (AvgIpc) is 2.54. The summed E-state index contributed by atoms with van der Waals surface area (Å²) in [6.07, 6.45) is 0. The minimum atomic E-state index is 0.499. The van der Waals surface area contributed by atoms with Gasteiger partial charge in [0.2, 0.25) is 0 Å². The van der Waals surface area contributed by atoms with Crippen molar-refractivity contribution in [2.75, 3.05) is 11.9 Å². The van der Waals surface area contributed by atoms with Gasteiger partial charge >= 0.3 is 0 Å². The van der Waals surface area contributed by atoms with E-state index in [4.69, 9.17) is 15.3 Å². The molecule has 0 saturated heterocycles. The maximum absolute atomic E-state index is 9.09. The fraction of sp³-hybridized carbons (Fsp3) is 0.176. The van der Waals surface area contributed by atoms with E-state index < -0.39 is 0 Å². The molecule has 0 amide bonds. The zero-order valence-electron chi connectivity index (χ0n) is 11.8. The van der Waals surface area contributed by atoms with Crippen LogP contribution in [0.3, 0.4) is 0 Å². The first-order chi connectivity index (χ1) is 10.3. The van der Waals surface area contributed by atoms with Gasteiger partial charge in [0.1, 0.15) is 5.75 Å². The molecular formula is C17H15N3O. The largest absolute Gasteiger partial charge is 0.492 e. The van der Waals surface area contributed by atoms with Gasteiger partial charge in [0, 0.05) is 6.54 Å². The predicted octanol–water partition coefficient (Wildman–Crippen LogP) is 3.44. The highest BCUT2D eigenvalue weighted by Crippen LogP contribution is 2.26. The minimum Gasteiger partial charge on any atom is -0.492 e. The molecule has 1 N–H and O–H groups in total. The molecule has 2 rings (SSSR count). The van der Waals surface area contributed by atoms with Crippen molar-refractivity contribution < 1.29 is 4.74 Å². The number of nitrogens with zero attached hydrogens (tertiary/aromatic N) is 2. The lowest BCUT2D eigenvalue weighted by molar-refractivity contribution is 0.341. The van der Waals surface area contributed by atoms with Gasteiger partial charge in [0.05, 0.1) is 35.6 Å². The van der Waals surface area contributed by atoms with Crippen molar-refractivity contribution in [3.8, 4) is 17.9 Å². The van der Waals surface area contributed by atoms with Crippen molar-refractivity contribution in [1.82, 2.24) is 0 Å². The molecule has 0 saturated carbocycles. The molecule has 104 valence electrons. The second kappa shape index (κ2) is 6.98. The fourth-order valence-corrected chi connectivity index (χ4v) is 1.99. The Hall–Kier alpha value is -2.98. The van der Waals surface area contributed by atoms with Crippen LogP contribution in [0.5, 0.6) is 5.75 Å². The number of nitrogens with one attached hydrogen (secondary N) is 1. The van der Waals surface area contributed by atoms with E-state index in [-0.39, 0.29) is 0 Å². The smallest absolute Gasteiger partial charge is 0.142 e. The molecule has 0 aliphatic carbocycles. The van der Waals surface area contributed by atoms with Crippen molar-refractivity contribution >= 4 is 5.69 Å². The van der Waals surface area contributed by atoms with Gasteiger partial charge in [0.25, 0.3) is 0 Å². The van der Waals surface area contributed by atoms with Crippen molar-refractivity contribution in [3.63, 3.8) is 0 Å². The van der Waals surface area contributed by atoms with Crippen LogP contribution in [0.25, 0.3) is 0 Å². The highest BCUT2D eigenvalue weighted by molar-refractivity contribution is 5.60. The summed E-state index contributed by atoms with van der Waals surface area (Å²) in [6.45, 7) is 2.96. The van der Waals surface area contributed by atoms with Gasteiger partial charge < -0.3 is 10.1 Å². The van der Waals surface area contributed by atoms with Crippen molar-refractivity contribution in [3.05, 3.63) is 59.2 Å². The summed E-state index contributed by atoms with van der Waals surface area (Å²) in [5.41, 5.74) is 2.86. The molecule has 0 atom stereocenters. The summed E-state index contributed by atoms with van der Waals surface area (Å²) < 4.78 is 5.54. The van der Waals surface area contributed by atoms with Crippen molar-refractivity contribution in [2.45, 2.75) is 13.5 Å². The molecule has 0 bridgehead atoms.